The Kier molecular flexibility index (Phi) is 7.74. The molecule has 7 heteroatoms. The quantitative estimate of drug-likeness (QED) is 0.626. The van der Waals surface area contributed by atoms with Crippen LogP contribution in [0.2, 0.25) is 5.02 Å². The third-order valence-electron chi connectivity index (χ3n) is 2.70. The fourth-order valence-electron chi connectivity index (χ4n) is 1.51. The van der Waals surface area contributed by atoms with Crippen molar-refractivity contribution < 1.29 is 14.3 Å². The molecule has 0 aliphatic heterocycles. The van der Waals surface area contributed by atoms with Crippen LogP contribution in [0.4, 0.5) is 5.69 Å². The molecule has 0 bridgehead atoms. The number of benzene rings is 1. The number of ether oxygens (including phenoxy) is 1. The van der Waals surface area contributed by atoms with Gasteiger partial charge in [-0.15, -0.1) is 0 Å². The Morgan fingerprint density at radius 2 is 1.95 bits per heavy atom. The van der Waals surface area contributed by atoms with E-state index in [0.717, 1.165) is 0 Å². The van der Waals surface area contributed by atoms with Crippen LogP contribution in [0, 0.1) is 0 Å². The number of amides is 2. The summed E-state index contributed by atoms with van der Waals surface area (Å²) >= 11 is 5.76. The Bertz CT molecular complexity index is 465. The third kappa shape index (κ3) is 7.08. The van der Waals surface area contributed by atoms with E-state index in [0.29, 0.717) is 23.9 Å². The fourth-order valence-corrected chi connectivity index (χ4v) is 1.63. The SMILES string of the molecule is COCCNC(=O)C(C)NCC(=O)Nc1ccc(Cl)cc1. The Balaban J connectivity index is 2.28. The fraction of sp³-hybridized carbons (Fsp3) is 0.429. The molecule has 1 rings (SSSR count). The van der Waals surface area contributed by atoms with Gasteiger partial charge >= 0.3 is 0 Å². The van der Waals surface area contributed by atoms with Crippen LogP contribution in [0.1, 0.15) is 6.92 Å². The molecule has 6 nitrogen and oxygen atoms in total. The molecule has 0 saturated heterocycles. The zero-order chi connectivity index (χ0) is 15.7. The summed E-state index contributed by atoms with van der Waals surface area (Å²) in [5, 5.41) is 8.85. The highest BCUT2D eigenvalue weighted by Gasteiger charge is 2.13. The maximum atomic E-state index is 11.7. The minimum atomic E-state index is -0.460. The molecule has 21 heavy (non-hydrogen) atoms. The number of carbonyl (C=O) groups excluding carboxylic acids is 2. The lowest BCUT2D eigenvalue weighted by atomic mass is 10.3. The number of halogens is 1. The van der Waals surface area contributed by atoms with Crippen molar-refractivity contribution in [3.05, 3.63) is 29.3 Å². The van der Waals surface area contributed by atoms with E-state index in [1.807, 2.05) is 0 Å². The molecule has 2 amide bonds. The topological polar surface area (TPSA) is 79.5 Å². The van der Waals surface area contributed by atoms with Crippen LogP contribution in [0.25, 0.3) is 0 Å². The lowest BCUT2D eigenvalue weighted by Gasteiger charge is -2.13. The van der Waals surface area contributed by atoms with Gasteiger partial charge < -0.3 is 15.4 Å². The van der Waals surface area contributed by atoms with Crippen molar-refractivity contribution in [3.63, 3.8) is 0 Å². The van der Waals surface area contributed by atoms with Gasteiger partial charge in [-0.3, -0.25) is 14.9 Å². The number of carbonyl (C=O) groups is 2. The summed E-state index contributed by atoms with van der Waals surface area (Å²) in [6.07, 6.45) is 0. The molecule has 0 spiro atoms. The van der Waals surface area contributed by atoms with E-state index in [1.165, 1.54) is 0 Å². The number of rotatable bonds is 8. The Morgan fingerprint density at radius 3 is 2.57 bits per heavy atom. The molecule has 116 valence electrons. The minimum Gasteiger partial charge on any atom is -0.383 e. The predicted molar refractivity (Wildman–Crippen MR) is 82.4 cm³/mol. The summed E-state index contributed by atoms with van der Waals surface area (Å²) < 4.78 is 4.84. The van der Waals surface area contributed by atoms with Gasteiger partial charge in [0, 0.05) is 24.4 Å². The summed E-state index contributed by atoms with van der Waals surface area (Å²) in [5.41, 5.74) is 0.656. The van der Waals surface area contributed by atoms with Gasteiger partial charge in [-0.1, -0.05) is 11.6 Å². The molecule has 3 N–H and O–H groups in total. The van der Waals surface area contributed by atoms with Crippen molar-refractivity contribution in [2.24, 2.45) is 0 Å². The molecular formula is C14H20ClN3O3. The highest BCUT2D eigenvalue weighted by molar-refractivity contribution is 6.30. The van der Waals surface area contributed by atoms with Crippen molar-refractivity contribution >= 4 is 29.1 Å². The summed E-state index contributed by atoms with van der Waals surface area (Å²) in [7, 11) is 1.56. The van der Waals surface area contributed by atoms with Gasteiger partial charge in [0.15, 0.2) is 0 Å². The monoisotopic (exact) mass is 313 g/mol. The molecule has 0 aromatic heterocycles. The standard InChI is InChI=1S/C14H20ClN3O3/c1-10(14(20)16-7-8-21-2)17-9-13(19)18-12-5-3-11(15)4-6-12/h3-6,10,17H,7-9H2,1-2H3,(H,16,20)(H,18,19). The number of hydrogen-bond donors (Lipinski definition) is 3. The van der Waals surface area contributed by atoms with Gasteiger partial charge in [0.1, 0.15) is 0 Å². The predicted octanol–water partition coefficient (Wildman–Crippen LogP) is 1.02. The minimum absolute atomic E-state index is 0.0431. The van der Waals surface area contributed by atoms with Gasteiger partial charge in [-0.05, 0) is 31.2 Å². The van der Waals surface area contributed by atoms with E-state index in [2.05, 4.69) is 16.0 Å². The zero-order valence-corrected chi connectivity index (χ0v) is 12.9. The van der Waals surface area contributed by atoms with Gasteiger partial charge in [0.25, 0.3) is 0 Å². The molecule has 0 radical (unpaired) electrons. The van der Waals surface area contributed by atoms with Gasteiger partial charge in [0.05, 0.1) is 19.2 Å². The third-order valence-corrected chi connectivity index (χ3v) is 2.95. The molecule has 0 heterocycles. The van der Waals surface area contributed by atoms with Crippen LogP contribution < -0.4 is 16.0 Å². The van der Waals surface area contributed by atoms with Crippen molar-refractivity contribution in [2.75, 3.05) is 32.1 Å². The van der Waals surface area contributed by atoms with Crippen LogP contribution in [0.5, 0.6) is 0 Å². The molecule has 0 saturated carbocycles. The summed E-state index contributed by atoms with van der Waals surface area (Å²) in [4.78, 5) is 23.4. The number of anilines is 1. The molecule has 1 unspecified atom stereocenters. The van der Waals surface area contributed by atoms with Crippen LogP contribution >= 0.6 is 11.6 Å². The first-order valence-corrected chi connectivity index (χ1v) is 6.96. The molecule has 1 aromatic carbocycles. The maximum Gasteiger partial charge on any atom is 0.238 e. The highest BCUT2D eigenvalue weighted by atomic mass is 35.5. The van der Waals surface area contributed by atoms with Crippen LogP contribution in [0.15, 0.2) is 24.3 Å². The largest absolute Gasteiger partial charge is 0.383 e. The number of nitrogens with one attached hydrogen (secondary N) is 3. The lowest BCUT2D eigenvalue weighted by molar-refractivity contribution is -0.123. The molecular weight excluding hydrogens is 294 g/mol. The molecule has 1 aromatic rings. The first kappa shape index (κ1) is 17.4. The average molecular weight is 314 g/mol. The molecule has 1 atom stereocenters. The second-order valence-electron chi connectivity index (χ2n) is 4.44. The van der Waals surface area contributed by atoms with E-state index >= 15 is 0 Å². The average Bonchev–Trinajstić information content (AvgIpc) is 2.47. The number of methoxy groups -OCH3 is 1. The Hall–Kier alpha value is -1.63. The van der Waals surface area contributed by atoms with Gasteiger partial charge in [0.2, 0.25) is 11.8 Å². The second-order valence-corrected chi connectivity index (χ2v) is 4.88. The van der Waals surface area contributed by atoms with Crippen LogP contribution in [0.3, 0.4) is 0 Å². The maximum absolute atomic E-state index is 11.7. The van der Waals surface area contributed by atoms with E-state index < -0.39 is 6.04 Å². The summed E-state index contributed by atoms with van der Waals surface area (Å²) in [5.74, 6) is -0.403. The molecule has 0 fully saturated rings. The first-order chi connectivity index (χ1) is 10.0. The first-order valence-electron chi connectivity index (χ1n) is 6.58. The summed E-state index contributed by atoms with van der Waals surface area (Å²) in [6, 6.07) is 6.34. The summed E-state index contributed by atoms with van der Waals surface area (Å²) in [6.45, 7) is 2.63. The highest BCUT2D eigenvalue weighted by Crippen LogP contribution is 2.12. The molecule has 0 aliphatic rings. The van der Waals surface area contributed by atoms with Gasteiger partial charge in [-0.2, -0.15) is 0 Å². The lowest BCUT2D eigenvalue weighted by Crippen LogP contribution is -2.45. The van der Waals surface area contributed by atoms with E-state index in [4.69, 9.17) is 16.3 Å². The van der Waals surface area contributed by atoms with Crippen molar-refractivity contribution in [3.8, 4) is 0 Å². The van der Waals surface area contributed by atoms with E-state index in [-0.39, 0.29) is 18.4 Å². The molecule has 0 aliphatic carbocycles. The number of hydrogen-bond acceptors (Lipinski definition) is 4. The zero-order valence-electron chi connectivity index (χ0n) is 12.1. The Labute approximate surface area is 129 Å². The second kappa shape index (κ2) is 9.33. The van der Waals surface area contributed by atoms with Crippen LogP contribution in [-0.4, -0.2) is 44.7 Å². The van der Waals surface area contributed by atoms with Gasteiger partial charge in [-0.25, -0.2) is 0 Å². The smallest absolute Gasteiger partial charge is 0.238 e. The van der Waals surface area contributed by atoms with Crippen molar-refractivity contribution in [2.45, 2.75) is 13.0 Å². The normalized spacial score (nSPS) is 11.8. The van der Waals surface area contributed by atoms with E-state index in [1.54, 1.807) is 38.3 Å². The Morgan fingerprint density at radius 1 is 1.29 bits per heavy atom. The van der Waals surface area contributed by atoms with Crippen molar-refractivity contribution in [1.29, 1.82) is 0 Å². The van der Waals surface area contributed by atoms with Crippen molar-refractivity contribution in [1.82, 2.24) is 10.6 Å². The van der Waals surface area contributed by atoms with E-state index in [9.17, 15) is 9.59 Å². The van der Waals surface area contributed by atoms with Crippen LogP contribution in [-0.2, 0) is 14.3 Å².